The van der Waals surface area contributed by atoms with E-state index in [1.165, 1.54) is 0 Å². The van der Waals surface area contributed by atoms with Crippen molar-refractivity contribution in [2.45, 2.75) is 52.5 Å². The zero-order valence-corrected chi connectivity index (χ0v) is 12.9. The van der Waals surface area contributed by atoms with Crippen molar-refractivity contribution < 1.29 is 18.0 Å². The maximum atomic E-state index is 11.9. The third-order valence-corrected chi connectivity index (χ3v) is 3.08. The normalized spacial score (nSPS) is 13.3. The van der Waals surface area contributed by atoms with Gasteiger partial charge in [0.2, 0.25) is 5.89 Å². The first-order chi connectivity index (χ1) is 10.0. The molecule has 1 heterocycles. The van der Waals surface area contributed by atoms with Gasteiger partial charge in [0.25, 0.3) is 6.43 Å². The van der Waals surface area contributed by atoms with Crippen molar-refractivity contribution in [2.24, 2.45) is 5.92 Å². The summed E-state index contributed by atoms with van der Waals surface area (Å²) in [7, 11) is 0. The van der Waals surface area contributed by atoms with Crippen molar-refractivity contribution >= 4 is 0 Å². The molecule has 1 unspecified atom stereocenters. The summed E-state index contributed by atoms with van der Waals surface area (Å²) >= 11 is 0. The molecule has 1 aromatic rings. The summed E-state index contributed by atoms with van der Waals surface area (Å²) in [4.78, 5) is 4.27. The smallest absolute Gasteiger partial charge is 0.261 e. The molecule has 0 aliphatic heterocycles. The molecule has 0 aliphatic carbocycles. The molecule has 1 rings (SSSR count). The Labute approximate surface area is 124 Å². The Morgan fingerprint density at radius 1 is 1.33 bits per heavy atom. The second-order valence-corrected chi connectivity index (χ2v) is 5.33. The van der Waals surface area contributed by atoms with E-state index in [1.807, 2.05) is 0 Å². The highest BCUT2D eigenvalue weighted by Crippen LogP contribution is 2.09. The van der Waals surface area contributed by atoms with Crippen molar-refractivity contribution in [3.8, 4) is 0 Å². The van der Waals surface area contributed by atoms with E-state index in [1.54, 1.807) is 0 Å². The first-order valence-corrected chi connectivity index (χ1v) is 7.43. The lowest BCUT2D eigenvalue weighted by atomic mass is 10.0. The van der Waals surface area contributed by atoms with Crippen molar-refractivity contribution in [1.29, 1.82) is 0 Å². The van der Waals surface area contributed by atoms with Gasteiger partial charge in [0.15, 0.2) is 5.82 Å². The molecule has 0 fully saturated rings. The van der Waals surface area contributed by atoms with Crippen LogP contribution in [0.3, 0.4) is 0 Å². The van der Waals surface area contributed by atoms with E-state index >= 15 is 0 Å². The minimum Gasteiger partial charge on any atom is -0.375 e. The molecule has 5 nitrogen and oxygen atoms in total. The first kappa shape index (κ1) is 18.0. The molecular weight excluding hydrogens is 280 g/mol. The summed E-state index contributed by atoms with van der Waals surface area (Å²) < 4.78 is 33.8. The van der Waals surface area contributed by atoms with Crippen molar-refractivity contribution in [2.75, 3.05) is 19.8 Å². The Morgan fingerprint density at radius 2 is 2.10 bits per heavy atom. The zero-order chi connectivity index (χ0) is 15.7. The molecule has 0 aromatic carbocycles. The predicted octanol–water partition coefficient (Wildman–Crippen LogP) is 2.46. The quantitative estimate of drug-likeness (QED) is 0.636. The van der Waals surface area contributed by atoms with E-state index < -0.39 is 13.0 Å². The van der Waals surface area contributed by atoms with Crippen LogP contribution in [0.25, 0.3) is 0 Å². The van der Waals surface area contributed by atoms with Crippen LogP contribution < -0.4 is 5.32 Å². The SMILES string of the molecule is CCCNC(Cc1nc(CCOCC(F)F)no1)C(C)C. The average Bonchev–Trinajstić information content (AvgIpc) is 2.86. The van der Waals surface area contributed by atoms with Crippen LogP contribution in [0.1, 0.15) is 38.9 Å². The third kappa shape index (κ3) is 7.47. The van der Waals surface area contributed by atoms with E-state index in [0.29, 0.717) is 30.5 Å². The second-order valence-electron chi connectivity index (χ2n) is 5.33. The summed E-state index contributed by atoms with van der Waals surface area (Å²) in [6.07, 6.45) is -0.324. The number of nitrogens with zero attached hydrogens (tertiary/aromatic N) is 2. The van der Waals surface area contributed by atoms with Gasteiger partial charge in [-0.2, -0.15) is 4.98 Å². The van der Waals surface area contributed by atoms with E-state index in [9.17, 15) is 8.78 Å². The molecule has 1 N–H and O–H groups in total. The van der Waals surface area contributed by atoms with Crippen LogP contribution in [0.2, 0.25) is 0 Å². The minimum absolute atomic E-state index is 0.172. The first-order valence-electron chi connectivity index (χ1n) is 7.43. The number of hydrogen-bond donors (Lipinski definition) is 1. The van der Waals surface area contributed by atoms with Gasteiger partial charge in [-0.3, -0.25) is 0 Å². The molecule has 0 aliphatic rings. The van der Waals surface area contributed by atoms with Gasteiger partial charge < -0.3 is 14.6 Å². The highest BCUT2D eigenvalue weighted by Gasteiger charge is 2.17. The summed E-state index contributed by atoms with van der Waals surface area (Å²) in [5.41, 5.74) is 0. The maximum Gasteiger partial charge on any atom is 0.261 e. The highest BCUT2D eigenvalue weighted by atomic mass is 19.3. The fraction of sp³-hybridized carbons (Fsp3) is 0.857. The molecule has 7 heteroatoms. The minimum atomic E-state index is -2.44. The molecule has 1 aromatic heterocycles. The van der Waals surface area contributed by atoms with Crippen molar-refractivity contribution in [1.82, 2.24) is 15.5 Å². The topological polar surface area (TPSA) is 60.2 Å². The molecule has 0 bridgehead atoms. The van der Waals surface area contributed by atoms with Crippen LogP contribution in [-0.2, 0) is 17.6 Å². The van der Waals surface area contributed by atoms with Gasteiger partial charge in [-0.25, -0.2) is 8.78 Å². The monoisotopic (exact) mass is 305 g/mol. The number of nitrogens with one attached hydrogen (secondary N) is 1. The Balaban J connectivity index is 2.38. The maximum absolute atomic E-state index is 11.9. The number of alkyl halides is 2. The van der Waals surface area contributed by atoms with Gasteiger partial charge >= 0.3 is 0 Å². The van der Waals surface area contributed by atoms with Crippen molar-refractivity contribution in [3.05, 3.63) is 11.7 Å². The number of hydrogen-bond acceptors (Lipinski definition) is 5. The fourth-order valence-electron chi connectivity index (χ4n) is 1.87. The number of aromatic nitrogens is 2. The predicted molar refractivity (Wildman–Crippen MR) is 75.4 cm³/mol. The van der Waals surface area contributed by atoms with Gasteiger partial charge in [-0.1, -0.05) is 25.9 Å². The van der Waals surface area contributed by atoms with Crippen LogP contribution in [0.5, 0.6) is 0 Å². The van der Waals surface area contributed by atoms with Crippen LogP contribution in [-0.4, -0.2) is 42.4 Å². The molecular formula is C14H25F2N3O2. The molecule has 0 saturated heterocycles. The van der Waals surface area contributed by atoms with Gasteiger partial charge in [0, 0.05) is 18.9 Å². The van der Waals surface area contributed by atoms with Gasteiger partial charge in [-0.15, -0.1) is 0 Å². The van der Waals surface area contributed by atoms with E-state index in [4.69, 9.17) is 9.26 Å². The van der Waals surface area contributed by atoms with Crippen LogP contribution in [0.15, 0.2) is 4.52 Å². The summed E-state index contributed by atoms with van der Waals surface area (Å²) in [6.45, 7) is 6.97. The largest absolute Gasteiger partial charge is 0.375 e. The lowest BCUT2D eigenvalue weighted by Gasteiger charge is -2.20. The molecule has 122 valence electrons. The van der Waals surface area contributed by atoms with E-state index in [0.717, 1.165) is 13.0 Å². The van der Waals surface area contributed by atoms with E-state index in [-0.39, 0.29) is 12.6 Å². The number of ether oxygens (including phenoxy) is 1. The number of halogens is 2. The van der Waals surface area contributed by atoms with Crippen LogP contribution in [0.4, 0.5) is 8.78 Å². The highest BCUT2D eigenvalue weighted by molar-refractivity contribution is 4.90. The van der Waals surface area contributed by atoms with Crippen LogP contribution in [0, 0.1) is 5.92 Å². The Bertz CT molecular complexity index is 386. The van der Waals surface area contributed by atoms with Crippen LogP contribution >= 0.6 is 0 Å². The Hall–Kier alpha value is -1.08. The molecule has 0 radical (unpaired) electrons. The van der Waals surface area contributed by atoms with E-state index in [2.05, 4.69) is 36.2 Å². The zero-order valence-electron chi connectivity index (χ0n) is 12.9. The molecule has 1 atom stereocenters. The Morgan fingerprint density at radius 3 is 2.71 bits per heavy atom. The summed E-state index contributed by atoms with van der Waals surface area (Å²) in [5.74, 6) is 1.53. The second kappa shape index (κ2) is 9.78. The molecule has 0 amide bonds. The lowest BCUT2D eigenvalue weighted by Crippen LogP contribution is -2.36. The standard InChI is InChI=1S/C14H25F2N3O2/c1-4-6-17-11(10(2)3)8-14-18-13(19-21-14)5-7-20-9-12(15)16/h10-12,17H,4-9H2,1-3H3. The fourth-order valence-corrected chi connectivity index (χ4v) is 1.87. The summed E-state index contributed by atoms with van der Waals surface area (Å²) in [6, 6.07) is 0.285. The van der Waals surface area contributed by atoms with Gasteiger partial charge in [-0.05, 0) is 18.9 Å². The molecule has 21 heavy (non-hydrogen) atoms. The molecule has 0 spiro atoms. The Kier molecular flexibility index (Phi) is 8.37. The van der Waals surface area contributed by atoms with Gasteiger partial charge in [0.1, 0.15) is 6.61 Å². The number of rotatable bonds is 11. The third-order valence-electron chi connectivity index (χ3n) is 3.08. The van der Waals surface area contributed by atoms with Gasteiger partial charge in [0.05, 0.1) is 6.61 Å². The lowest BCUT2D eigenvalue weighted by molar-refractivity contribution is 0.0182. The average molecular weight is 305 g/mol. The van der Waals surface area contributed by atoms with Crippen molar-refractivity contribution in [3.63, 3.8) is 0 Å². The summed E-state index contributed by atoms with van der Waals surface area (Å²) in [5, 5.41) is 7.30. The molecule has 0 saturated carbocycles.